The monoisotopic (exact) mass is 267 g/mol. The van der Waals surface area contributed by atoms with E-state index in [2.05, 4.69) is 26.0 Å². The third-order valence-electron chi connectivity index (χ3n) is 3.66. The van der Waals surface area contributed by atoms with Gasteiger partial charge >= 0.3 is 0 Å². The van der Waals surface area contributed by atoms with Crippen LogP contribution in [0.2, 0.25) is 0 Å². The molecule has 0 spiro atoms. The van der Waals surface area contributed by atoms with E-state index in [-0.39, 0.29) is 5.78 Å². The largest absolute Gasteiger partial charge is 0.398 e. The summed E-state index contributed by atoms with van der Waals surface area (Å²) in [6, 6.07) is 11.7. The number of nitrogen functional groups attached to an aromatic ring is 1. The van der Waals surface area contributed by atoms with Crippen LogP contribution in [0.3, 0.4) is 0 Å². The van der Waals surface area contributed by atoms with Crippen molar-refractivity contribution in [1.82, 2.24) is 0 Å². The molecule has 0 saturated heterocycles. The zero-order chi connectivity index (χ0) is 14.7. The summed E-state index contributed by atoms with van der Waals surface area (Å²) in [5.41, 5.74) is 11.2. The standard InChI is InChI=1S/C18H21NO/c1-4-13-7-8-14(5-2)15(11-13)18(20)16-10-12(3)6-9-17(16)19/h6-11H,4-5,19H2,1-3H3. The van der Waals surface area contributed by atoms with Crippen LogP contribution in [-0.2, 0) is 12.8 Å². The molecule has 2 nitrogen and oxygen atoms in total. The van der Waals surface area contributed by atoms with Gasteiger partial charge in [0.25, 0.3) is 0 Å². The van der Waals surface area contributed by atoms with Gasteiger partial charge in [-0.3, -0.25) is 4.79 Å². The first-order valence-corrected chi connectivity index (χ1v) is 7.09. The Bertz CT molecular complexity index is 644. The van der Waals surface area contributed by atoms with Crippen molar-refractivity contribution in [1.29, 1.82) is 0 Å². The highest BCUT2D eigenvalue weighted by molar-refractivity contribution is 6.13. The SMILES string of the molecule is CCc1ccc(CC)c(C(=O)c2cc(C)ccc2N)c1. The van der Waals surface area contributed by atoms with Crippen LogP contribution in [0.4, 0.5) is 5.69 Å². The van der Waals surface area contributed by atoms with Gasteiger partial charge in [0.15, 0.2) is 5.78 Å². The lowest BCUT2D eigenvalue weighted by molar-refractivity contribution is 0.103. The zero-order valence-corrected chi connectivity index (χ0v) is 12.4. The predicted molar refractivity (Wildman–Crippen MR) is 84.2 cm³/mol. The second-order valence-electron chi connectivity index (χ2n) is 5.12. The van der Waals surface area contributed by atoms with Crippen LogP contribution in [0, 0.1) is 6.92 Å². The van der Waals surface area contributed by atoms with E-state index in [1.54, 1.807) is 6.07 Å². The number of carbonyl (C=O) groups is 1. The predicted octanol–water partition coefficient (Wildman–Crippen LogP) is 3.93. The average molecular weight is 267 g/mol. The molecule has 0 saturated carbocycles. The molecule has 0 bridgehead atoms. The highest BCUT2D eigenvalue weighted by atomic mass is 16.1. The molecule has 104 valence electrons. The summed E-state index contributed by atoms with van der Waals surface area (Å²) in [7, 11) is 0. The maximum Gasteiger partial charge on any atom is 0.195 e. The Balaban J connectivity index is 2.54. The van der Waals surface area contributed by atoms with E-state index < -0.39 is 0 Å². The molecular formula is C18H21NO. The van der Waals surface area contributed by atoms with E-state index in [9.17, 15) is 4.79 Å². The molecule has 2 N–H and O–H groups in total. The van der Waals surface area contributed by atoms with E-state index in [0.717, 1.165) is 29.5 Å². The molecular weight excluding hydrogens is 246 g/mol. The van der Waals surface area contributed by atoms with Crippen LogP contribution >= 0.6 is 0 Å². The van der Waals surface area contributed by atoms with Crippen molar-refractivity contribution in [3.63, 3.8) is 0 Å². The molecule has 0 aromatic heterocycles. The van der Waals surface area contributed by atoms with Gasteiger partial charge in [0.1, 0.15) is 0 Å². The molecule has 0 heterocycles. The second kappa shape index (κ2) is 5.91. The Morgan fingerprint density at radius 1 is 1.00 bits per heavy atom. The molecule has 2 heteroatoms. The summed E-state index contributed by atoms with van der Waals surface area (Å²) in [4.78, 5) is 12.8. The van der Waals surface area contributed by atoms with Crippen molar-refractivity contribution in [3.8, 4) is 0 Å². The Morgan fingerprint density at radius 2 is 1.75 bits per heavy atom. The maximum absolute atomic E-state index is 12.8. The second-order valence-corrected chi connectivity index (χ2v) is 5.12. The van der Waals surface area contributed by atoms with Crippen LogP contribution in [0.5, 0.6) is 0 Å². The molecule has 0 atom stereocenters. The fraction of sp³-hybridized carbons (Fsp3) is 0.278. The minimum Gasteiger partial charge on any atom is -0.398 e. The first-order chi connectivity index (χ1) is 9.56. The van der Waals surface area contributed by atoms with Gasteiger partial charge in [-0.25, -0.2) is 0 Å². The van der Waals surface area contributed by atoms with Crippen LogP contribution in [0.25, 0.3) is 0 Å². The Kier molecular flexibility index (Phi) is 4.23. The number of carbonyl (C=O) groups excluding carboxylic acids is 1. The van der Waals surface area contributed by atoms with Crippen molar-refractivity contribution in [3.05, 3.63) is 64.2 Å². The normalized spacial score (nSPS) is 10.6. The molecule has 2 aromatic carbocycles. The quantitative estimate of drug-likeness (QED) is 0.673. The summed E-state index contributed by atoms with van der Waals surface area (Å²) in [6.07, 6.45) is 1.77. The van der Waals surface area contributed by atoms with Gasteiger partial charge in [0.2, 0.25) is 0 Å². The Morgan fingerprint density at radius 3 is 2.40 bits per heavy atom. The number of anilines is 1. The third kappa shape index (κ3) is 2.74. The fourth-order valence-electron chi connectivity index (χ4n) is 2.38. The lowest BCUT2D eigenvalue weighted by atomic mass is 9.93. The van der Waals surface area contributed by atoms with Crippen LogP contribution in [0.15, 0.2) is 36.4 Å². The van der Waals surface area contributed by atoms with Gasteiger partial charge in [-0.1, -0.05) is 37.6 Å². The third-order valence-corrected chi connectivity index (χ3v) is 3.66. The number of rotatable bonds is 4. The van der Waals surface area contributed by atoms with E-state index in [0.29, 0.717) is 11.3 Å². The van der Waals surface area contributed by atoms with Crippen molar-refractivity contribution in [2.75, 3.05) is 5.73 Å². The number of ketones is 1. The van der Waals surface area contributed by atoms with Gasteiger partial charge in [-0.05, 0) is 49.1 Å². The molecule has 0 aliphatic heterocycles. The Labute approximate surface area is 120 Å². The zero-order valence-electron chi connectivity index (χ0n) is 12.4. The Hall–Kier alpha value is -2.09. The summed E-state index contributed by atoms with van der Waals surface area (Å²) in [5, 5.41) is 0. The molecule has 2 aromatic rings. The molecule has 0 aliphatic rings. The fourth-order valence-corrected chi connectivity index (χ4v) is 2.38. The average Bonchev–Trinajstić information content (AvgIpc) is 2.48. The topological polar surface area (TPSA) is 43.1 Å². The summed E-state index contributed by atoms with van der Waals surface area (Å²) >= 11 is 0. The van der Waals surface area contributed by atoms with Gasteiger partial charge in [-0.15, -0.1) is 0 Å². The molecule has 0 radical (unpaired) electrons. The summed E-state index contributed by atoms with van der Waals surface area (Å²) in [6.45, 7) is 6.13. The van der Waals surface area contributed by atoms with Crippen molar-refractivity contribution in [2.24, 2.45) is 0 Å². The smallest absolute Gasteiger partial charge is 0.195 e. The van der Waals surface area contributed by atoms with Gasteiger partial charge in [0, 0.05) is 16.8 Å². The number of aryl methyl sites for hydroxylation is 3. The van der Waals surface area contributed by atoms with Crippen LogP contribution in [-0.4, -0.2) is 5.78 Å². The van der Waals surface area contributed by atoms with Crippen LogP contribution in [0.1, 0.15) is 46.5 Å². The lowest BCUT2D eigenvalue weighted by Crippen LogP contribution is -2.09. The molecule has 0 amide bonds. The highest BCUT2D eigenvalue weighted by Crippen LogP contribution is 2.22. The van der Waals surface area contributed by atoms with Crippen molar-refractivity contribution >= 4 is 11.5 Å². The number of hydrogen-bond donors (Lipinski definition) is 1. The van der Waals surface area contributed by atoms with E-state index >= 15 is 0 Å². The van der Waals surface area contributed by atoms with Crippen molar-refractivity contribution in [2.45, 2.75) is 33.6 Å². The summed E-state index contributed by atoms with van der Waals surface area (Å²) in [5.74, 6) is 0.0263. The molecule has 0 unspecified atom stereocenters. The first-order valence-electron chi connectivity index (χ1n) is 7.09. The molecule has 2 rings (SSSR count). The van der Waals surface area contributed by atoms with Gasteiger partial charge < -0.3 is 5.73 Å². The number of hydrogen-bond acceptors (Lipinski definition) is 2. The van der Waals surface area contributed by atoms with Crippen LogP contribution < -0.4 is 5.73 Å². The summed E-state index contributed by atoms with van der Waals surface area (Å²) < 4.78 is 0. The maximum atomic E-state index is 12.8. The molecule has 0 aliphatic carbocycles. The molecule has 20 heavy (non-hydrogen) atoms. The van der Waals surface area contributed by atoms with Gasteiger partial charge in [-0.2, -0.15) is 0 Å². The number of benzene rings is 2. The van der Waals surface area contributed by atoms with E-state index in [1.165, 1.54) is 5.56 Å². The first kappa shape index (κ1) is 14.3. The van der Waals surface area contributed by atoms with E-state index in [4.69, 9.17) is 5.73 Å². The minimum atomic E-state index is 0.0263. The highest BCUT2D eigenvalue weighted by Gasteiger charge is 2.16. The molecule has 0 fully saturated rings. The van der Waals surface area contributed by atoms with E-state index in [1.807, 2.05) is 25.1 Å². The number of nitrogens with two attached hydrogens (primary N) is 1. The van der Waals surface area contributed by atoms with Crippen molar-refractivity contribution < 1.29 is 4.79 Å². The lowest BCUT2D eigenvalue weighted by Gasteiger charge is -2.11. The van der Waals surface area contributed by atoms with Gasteiger partial charge in [0.05, 0.1) is 0 Å². The minimum absolute atomic E-state index is 0.0263.